The average Bonchev–Trinajstić information content (AvgIpc) is 2.46. The monoisotopic (exact) mass is 341 g/mol. The van der Waals surface area contributed by atoms with Crippen molar-refractivity contribution in [2.24, 2.45) is 0 Å². The molecule has 3 N–H and O–H groups in total. The molecule has 0 atom stereocenters. The minimum Gasteiger partial charge on any atom is -0.398 e. The highest BCUT2D eigenvalue weighted by atomic mass is 79.9. The number of nitrogen functional groups attached to an aromatic ring is 1. The predicted molar refractivity (Wildman–Crippen MR) is 88.1 cm³/mol. The molecule has 0 fully saturated rings. The Bertz CT molecular complexity index is 459. The number of likely N-dealkylation sites (N-methyl/N-ethyl adjacent to an activating group) is 1. The number of nitrogens with two attached hydrogens (primary N) is 1. The van der Waals surface area contributed by atoms with Gasteiger partial charge in [-0.1, -0.05) is 20.8 Å². The number of amides is 1. The Hall–Kier alpha value is -1.07. The van der Waals surface area contributed by atoms with Crippen molar-refractivity contribution in [3.05, 3.63) is 27.7 Å². The van der Waals surface area contributed by atoms with Gasteiger partial charge in [0.05, 0.1) is 0 Å². The first-order valence-electron chi connectivity index (χ1n) is 7.12. The van der Waals surface area contributed by atoms with Gasteiger partial charge in [-0.25, -0.2) is 0 Å². The number of rotatable bonds is 7. The molecule has 0 aliphatic rings. The molecule has 1 amide bonds. The fourth-order valence-electron chi connectivity index (χ4n) is 2.16. The topological polar surface area (TPSA) is 58.4 Å². The first-order valence-corrected chi connectivity index (χ1v) is 7.91. The summed E-state index contributed by atoms with van der Waals surface area (Å²) in [7, 11) is 0. The van der Waals surface area contributed by atoms with Crippen molar-refractivity contribution in [2.75, 3.05) is 31.9 Å². The van der Waals surface area contributed by atoms with Crippen LogP contribution in [0.15, 0.2) is 16.6 Å². The number of nitrogens with one attached hydrogen (secondary N) is 1. The van der Waals surface area contributed by atoms with Crippen molar-refractivity contribution >= 4 is 27.5 Å². The van der Waals surface area contributed by atoms with E-state index in [-0.39, 0.29) is 5.91 Å². The highest BCUT2D eigenvalue weighted by Gasteiger charge is 2.14. The van der Waals surface area contributed by atoms with E-state index in [1.165, 1.54) is 0 Å². The summed E-state index contributed by atoms with van der Waals surface area (Å²) in [4.78, 5) is 14.5. The fourth-order valence-corrected chi connectivity index (χ4v) is 2.79. The van der Waals surface area contributed by atoms with Gasteiger partial charge in [0.15, 0.2) is 0 Å². The number of nitrogens with zero attached hydrogens (tertiary/aromatic N) is 1. The van der Waals surface area contributed by atoms with Crippen LogP contribution in [0.1, 0.15) is 36.7 Å². The number of hydrogen-bond donors (Lipinski definition) is 2. The molecule has 0 saturated heterocycles. The standard InChI is InChI=1S/C15H24BrN3O/c1-4-11-12(7-8-13(17)14(11)16)15(20)18-9-10-19(5-2)6-3/h7-8H,4-6,9-10,17H2,1-3H3,(H,18,20). The number of benzene rings is 1. The van der Waals surface area contributed by atoms with E-state index in [9.17, 15) is 4.79 Å². The van der Waals surface area contributed by atoms with Gasteiger partial charge in [0.25, 0.3) is 5.91 Å². The van der Waals surface area contributed by atoms with E-state index in [1.54, 1.807) is 12.1 Å². The van der Waals surface area contributed by atoms with Gasteiger partial charge in [0.2, 0.25) is 0 Å². The molecule has 4 nitrogen and oxygen atoms in total. The largest absolute Gasteiger partial charge is 0.398 e. The van der Waals surface area contributed by atoms with Crippen LogP contribution < -0.4 is 11.1 Å². The third-order valence-electron chi connectivity index (χ3n) is 3.48. The molecule has 0 aliphatic carbocycles. The highest BCUT2D eigenvalue weighted by molar-refractivity contribution is 9.10. The first-order chi connectivity index (χ1) is 9.54. The Morgan fingerprint density at radius 2 is 1.95 bits per heavy atom. The average molecular weight is 342 g/mol. The van der Waals surface area contributed by atoms with Crippen molar-refractivity contribution in [3.63, 3.8) is 0 Å². The van der Waals surface area contributed by atoms with E-state index in [4.69, 9.17) is 5.73 Å². The minimum absolute atomic E-state index is 0.0327. The summed E-state index contributed by atoms with van der Waals surface area (Å²) in [5.41, 5.74) is 8.19. The molecule has 0 radical (unpaired) electrons. The van der Waals surface area contributed by atoms with E-state index >= 15 is 0 Å². The third kappa shape index (κ3) is 4.21. The number of anilines is 1. The molecule has 1 rings (SSSR count). The van der Waals surface area contributed by atoms with Crippen LogP contribution in [0.2, 0.25) is 0 Å². The number of carbonyl (C=O) groups excluding carboxylic acids is 1. The third-order valence-corrected chi connectivity index (χ3v) is 4.42. The zero-order chi connectivity index (χ0) is 15.1. The summed E-state index contributed by atoms with van der Waals surface area (Å²) >= 11 is 3.46. The van der Waals surface area contributed by atoms with Crippen molar-refractivity contribution in [3.8, 4) is 0 Å². The molecule has 0 heterocycles. The number of hydrogen-bond acceptors (Lipinski definition) is 3. The van der Waals surface area contributed by atoms with Crippen molar-refractivity contribution in [1.82, 2.24) is 10.2 Å². The second-order valence-corrected chi connectivity index (χ2v) is 5.42. The lowest BCUT2D eigenvalue weighted by molar-refractivity contribution is 0.0948. The second-order valence-electron chi connectivity index (χ2n) is 4.63. The molecule has 1 aromatic rings. The Balaban J connectivity index is 2.71. The number of carbonyl (C=O) groups is 1. The molecule has 0 unspecified atom stereocenters. The Morgan fingerprint density at radius 1 is 1.30 bits per heavy atom. The molecule has 0 aliphatic heterocycles. The Morgan fingerprint density at radius 3 is 2.50 bits per heavy atom. The van der Waals surface area contributed by atoms with Gasteiger partial charge < -0.3 is 16.0 Å². The maximum atomic E-state index is 12.3. The fraction of sp³-hybridized carbons (Fsp3) is 0.533. The van der Waals surface area contributed by atoms with Crippen LogP contribution in [0.3, 0.4) is 0 Å². The van der Waals surface area contributed by atoms with Gasteiger partial charge in [0, 0.05) is 28.8 Å². The first kappa shape index (κ1) is 17.0. The lowest BCUT2D eigenvalue weighted by atomic mass is 10.0. The summed E-state index contributed by atoms with van der Waals surface area (Å²) < 4.78 is 0.830. The summed E-state index contributed by atoms with van der Waals surface area (Å²) in [6, 6.07) is 3.56. The molecule has 0 spiro atoms. The van der Waals surface area contributed by atoms with Crippen molar-refractivity contribution < 1.29 is 4.79 Å². The number of halogens is 1. The molecule has 5 heteroatoms. The van der Waals surface area contributed by atoms with E-state index in [0.717, 1.165) is 36.1 Å². The summed E-state index contributed by atoms with van der Waals surface area (Å²) in [6.45, 7) is 9.80. The lowest BCUT2D eigenvalue weighted by Crippen LogP contribution is -2.35. The van der Waals surface area contributed by atoms with Crippen LogP contribution in [0.25, 0.3) is 0 Å². The van der Waals surface area contributed by atoms with Gasteiger partial charge in [-0.05, 0) is 53.1 Å². The Kier molecular flexibility index (Phi) is 7.02. The molecule has 20 heavy (non-hydrogen) atoms. The zero-order valence-electron chi connectivity index (χ0n) is 12.5. The van der Waals surface area contributed by atoms with Crippen molar-refractivity contribution in [1.29, 1.82) is 0 Å². The van der Waals surface area contributed by atoms with Crippen LogP contribution >= 0.6 is 15.9 Å². The van der Waals surface area contributed by atoms with Crippen LogP contribution in [0.5, 0.6) is 0 Å². The second kappa shape index (κ2) is 8.27. The lowest BCUT2D eigenvalue weighted by Gasteiger charge is -2.18. The van der Waals surface area contributed by atoms with Gasteiger partial charge in [-0.3, -0.25) is 4.79 Å². The van der Waals surface area contributed by atoms with Gasteiger partial charge in [-0.15, -0.1) is 0 Å². The predicted octanol–water partition coefficient (Wildman–Crippen LogP) is 2.67. The van der Waals surface area contributed by atoms with Crippen molar-refractivity contribution in [2.45, 2.75) is 27.2 Å². The molecular formula is C15H24BrN3O. The molecule has 0 bridgehead atoms. The summed E-state index contributed by atoms with van der Waals surface area (Å²) in [5.74, 6) is -0.0327. The zero-order valence-corrected chi connectivity index (χ0v) is 14.1. The highest BCUT2D eigenvalue weighted by Crippen LogP contribution is 2.27. The molecule has 112 valence electrons. The van der Waals surface area contributed by atoms with Crippen LogP contribution in [0, 0.1) is 0 Å². The Labute approximate surface area is 129 Å². The van der Waals surface area contributed by atoms with E-state index in [1.807, 2.05) is 6.92 Å². The quantitative estimate of drug-likeness (QED) is 0.749. The smallest absolute Gasteiger partial charge is 0.251 e. The molecule has 1 aromatic carbocycles. The van der Waals surface area contributed by atoms with Crippen LogP contribution in [0.4, 0.5) is 5.69 Å². The minimum atomic E-state index is -0.0327. The maximum absolute atomic E-state index is 12.3. The van der Waals surface area contributed by atoms with Gasteiger partial charge >= 0.3 is 0 Å². The van der Waals surface area contributed by atoms with E-state index in [0.29, 0.717) is 17.8 Å². The molecular weight excluding hydrogens is 318 g/mol. The maximum Gasteiger partial charge on any atom is 0.251 e. The van der Waals surface area contributed by atoms with Crippen LogP contribution in [-0.4, -0.2) is 37.0 Å². The van der Waals surface area contributed by atoms with E-state index < -0.39 is 0 Å². The summed E-state index contributed by atoms with van der Waals surface area (Å²) in [5, 5.41) is 2.98. The van der Waals surface area contributed by atoms with E-state index in [2.05, 4.69) is 40.0 Å². The molecule has 0 saturated carbocycles. The normalized spacial score (nSPS) is 10.8. The van der Waals surface area contributed by atoms with Gasteiger partial charge in [-0.2, -0.15) is 0 Å². The summed E-state index contributed by atoms with van der Waals surface area (Å²) in [6.07, 6.45) is 0.768. The molecule has 0 aromatic heterocycles. The SMILES string of the molecule is CCc1c(C(=O)NCCN(CC)CC)ccc(N)c1Br. The van der Waals surface area contributed by atoms with Gasteiger partial charge in [0.1, 0.15) is 0 Å². The van der Waals surface area contributed by atoms with Crippen LogP contribution in [-0.2, 0) is 6.42 Å².